The van der Waals surface area contributed by atoms with Gasteiger partial charge in [0.2, 0.25) is 0 Å². The van der Waals surface area contributed by atoms with Crippen molar-refractivity contribution in [1.82, 2.24) is 10.2 Å². The fraction of sp³-hybridized carbons (Fsp3) is 0.588. The van der Waals surface area contributed by atoms with Gasteiger partial charge in [-0.2, -0.15) is 5.26 Å². The van der Waals surface area contributed by atoms with Crippen molar-refractivity contribution in [3.63, 3.8) is 0 Å². The summed E-state index contributed by atoms with van der Waals surface area (Å²) in [7, 11) is 0. The molecular weight excluding hydrogens is 246 g/mol. The minimum Gasteiger partial charge on any atom is -0.310 e. The Morgan fingerprint density at radius 2 is 2.10 bits per heavy atom. The van der Waals surface area contributed by atoms with Crippen LogP contribution in [0.3, 0.4) is 0 Å². The summed E-state index contributed by atoms with van der Waals surface area (Å²) in [6.07, 6.45) is 5.33. The first-order valence-corrected chi connectivity index (χ1v) is 7.75. The van der Waals surface area contributed by atoms with Crippen LogP contribution in [0.1, 0.15) is 49.8 Å². The number of hydrogen-bond donors (Lipinski definition) is 1. The molecule has 1 unspecified atom stereocenters. The van der Waals surface area contributed by atoms with E-state index in [4.69, 9.17) is 5.26 Å². The van der Waals surface area contributed by atoms with Crippen LogP contribution in [0, 0.1) is 11.3 Å². The third-order valence-electron chi connectivity index (χ3n) is 4.07. The van der Waals surface area contributed by atoms with Crippen LogP contribution in [0.5, 0.6) is 0 Å². The molecule has 0 spiro atoms. The molecule has 1 fully saturated rings. The summed E-state index contributed by atoms with van der Waals surface area (Å²) in [5.41, 5.74) is 1.94. The van der Waals surface area contributed by atoms with Gasteiger partial charge >= 0.3 is 0 Å². The van der Waals surface area contributed by atoms with Gasteiger partial charge in [-0.3, -0.25) is 0 Å². The summed E-state index contributed by atoms with van der Waals surface area (Å²) in [5, 5.41) is 12.5. The maximum atomic E-state index is 8.93. The predicted octanol–water partition coefficient (Wildman–Crippen LogP) is 3.08. The lowest BCUT2D eigenvalue weighted by molar-refractivity contribution is 0.225. The quantitative estimate of drug-likeness (QED) is 0.808. The lowest BCUT2D eigenvalue weighted by Crippen LogP contribution is -2.32. The maximum absolute atomic E-state index is 8.93. The molecule has 1 aromatic carbocycles. The van der Waals surface area contributed by atoms with Crippen LogP contribution < -0.4 is 5.32 Å². The van der Waals surface area contributed by atoms with Gasteiger partial charge in [0.1, 0.15) is 0 Å². The number of rotatable bonds is 6. The Labute approximate surface area is 122 Å². The van der Waals surface area contributed by atoms with Gasteiger partial charge in [0.25, 0.3) is 0 Å². The van der Waals surface area contributed by atoms with Gasteiger partial charge in [0, 0.05) is 6.04 Å². The van der Waals surface area contributed by atoms with Crippen molar-refractivity contribution in [3.05, 3.63) is 35.4 Å². The van der Waals surface area contributed by atoms with E-state index in [1.165, 1.54) is 50.9 Å². The monoisotopic (exact) mass is 271 g/mol. The van der Waals surface area contributed by atoms with E-state index in [9.17, 15) is 0 Å². The molecule has 0 saturated carbocycles. The normalized spacial score (nSPS) is 17.6. The van der Waals surface area contributed by atoms with Crippen LogP contribution in [-0.2, 0) is 0 Å². The lowest BCUT2D eigenvalue weighted by Gasteiger charge is -2.26. The summed E-state index contributed by atoms with van der Waals surface area (Å²) in [5.74, 6) is 0. The van der Waals surface area contributed by atoms with Crippen molar-refractivity contribution in [2.24, 2.45) is 0 Å². The van der Waals surface area contributed by atoms with Gasteiger partial charge in [0.05, 0.1) is 11.6 Å². The van der Waals surface area contributed by atoms with E-state index < -0.39 is 0 Å². The molecule has 20 heavy (non-hydrogen) atoms. The van der Waals surface area contributed by atoms with Gasteiger partial charge in [0.15, 0.2) is 0 Å². The molecular formula is C17H25N3. The highest BCUT2D eigenvalue weighted by molar-refractivity contribution is 5.33. The molecule has 0 aromatic heterocycles. The zero-order valence-corrected chi connectivity index (χ0v) is 12.4. The first-order chi connectivity index (χ1) is 9.79. The molecule has 0 aliphatic carbocycles. The zero-order chi connectivity index (χ0) is 14.2. The van der Waals surface area contributed by atoms with Crippen LogP contribution in [-0.4, -0.2) is 31.1 Å². The third kappa shape index (κ3) is 4.63. The Morgan fingerprint density at radius 3 is 2.85 bits per heavy atom. The SMILES string of the molecule is CC(NCCCN1CCCCC1)c1cccc(C#N)c1. The maximum Gasteiger partial charge on any atom is 0.0991 e. The minimum atomic E-state index is 0.310. The Kier molecular flexibility index (Phi) is 6.04. The van der Waals surface area contributed by atoms with E-state index in [2.05, 4.69) is 29.3 Å². The number of piperidine rings is 1. The average Bonchev–Trinajstić information content (AvgIpc) is 2.52. The van der Waals surface area contributed by atoms with Crippen molar-refractivity contribution >= 4 is 0 Å². The summed E-state index contributed by atoms with van der Waals surface area (Å²) in [6.45, 7) is 6.96. The number of hydrogen-bond acceptors (Lipinski definition) is 3. The van der Waals surface area contributed by atoms with E-state index in [-0.39, 0.29) is 0 Å². The molecule has 1 heterocycles. The Hall–Kier alpha value is -1.37. The Morgan fingerprint density at radius 1 is 1.30 bits per heavy atom. The fourth-order valence-electron chi connectivity index (χ4n) is 2.80. The van der Waals surface area contributed by atoms with E-state index in [1.54, 1.807) is 0 Å². The van der Waals surface area contributed by atoms with Crippen molar-refractivity contribution in [2.75, 3.05) is 26.2 Å². The predicted molar refractivity (Wildman–Crippen MR) is 82.5 cm³/mol. The highest BCUT2D eigenvalue weighted by Gasteiger charge is 2.09. The zero-order valence-electron chi connectivity index (χ0n) is 12.4. The molecule has 1 saturated heterocycles. The molecule has 108 valence electrons. The molecule has 3 nitrogen and oxygen atoms in total. The molecule has 0 radical (unpaired) electrons. The molecule has 1 aromatic rings. The fourth-order valence-corrected chi connectivity index (χ4v) is 2.80. The average molecular weight is 271 g/mol. The number of likely N-dealkylation sites (tertiary alicyclic amines) is 1. The highest BCUT2D eigenvalue weighted by atomic mass is 15.1. The first-order valence-electron chi connectivity index (χ1n) is 7.75. The van der Waals surface area contributed by atoms with Gasteiger partial charge in [-0.15, -0.1) is 0 Å². The largest absolute Gasteiger partial charge is 0.310 e. The smallest absolute Gasteiger partial charge is 0.0991 e. The van der Waals surface area contributed by atoms with Crippen LogP contribution in [0.15, 0.2) is 24.3 Å². The molecule has 1 aliphatic rings. The topological polar surface area (TPSA) is 39.1 Å². The van der Waals surface area contributed by atoms with Gasteiger partial charge in [-0.1, -0.05) is 18.6 Å². The van der Waals surface area contributed by atoms with Crippen LogP contribution >= 0.6 is 0 Å². The second-order valence-electron chi connectivity index (χ2n) is 5.67. The van der Waals surface area contributed by atoms with Gasteiger partial charge in [-0.25, -0.2) is 0 Å². The van der Waals surface area contributed by atoms with Crippen molar-refractivity contribution in [3.8, 4) is 6.07 Å². The van der Waals surface area contributed by atoms with E-state index >= 15 is 0 Å². The number of nitriles is 1. The van der Waals surface area contributed by atoms with E-state index in [1.807, 2.05) is 18.2 Å². The molecule has 0 amide bonds. The van der Waals surface area contributed by atoms with Crippen LogP contribution in [0.4, 0.5) is 0 Å². The number of nitrogens with zero attached hydrogens (tertiary/aromatic N) is 2. The summed E-state index contributed by atoms with van der Waals surface area (Å²) < 4.78 is 0. The third-order valence-corrected chi connectivity index (χ3v) is 4.07. The first kappa shape index (κ1) is 15.0. The van der Waals surface area contributed by atoms with E-state index in [0.29, 0.717) is 6.04 Å². The molecule has 1 atom stereocenters. The summed E-state index contributed by atoms with van der Waals surface area (Å²) in [4.78, 5) is 2.58. The minimum absolute atomic E-state index is 0.310. The standard InChI is InChI=1S/C17H25N3/c1-15(17-8-5-7-16(13-17)14-18)19-9-6-12-20-10-3-2-4-11-20/h5,7-8,13,15,19H,2-4,6,9-12H2,1H3. The Bertz CT molecular complexity index is 444. The molecule has 1 N–H and O–H groups in total. The number of nitrogens with one attached hydrogen (secondary N) is 1. The Balaban J connectivity index is 1.69. The number of benzene rings is 1. The van der Waals surface area contributed by atoms with Crippen molar-refractivity contribution in [2.45, 2.75) is 38.6 Å². The van der Waals surface area contributed by atoms with Crippen molar-refractivity contribution < 1.29 is 0 Å². The van der Waals surface area contributed by atoms with Gasteiger partial charge < -0.3 is 10.2 Å². The summed E-state index contributed by atoms with van der Waals surface area (Å²) >= 11 is 0. The lowest BCUT2D eigenvalue weighted by atomic mass is 10.1. The highest BCUT2D eigenvalue weighted by Crippen LogP contribution is 2.14. The summed E-state index contributed by atoms with van der Waals surface area (Å²) in [6, 6.07) is 10.4. The van der Waals surface area contributed by atoms with Crippen molar-refractivity contribution in [1.29, 1.82) is 5.26 Å². The van der Waals surface area contributed by atoms with Crippen LogP contribution in [0.25, 0.3) is 0 Å². The molecule has 3 heteroatoms. The van der Waals surface area contributed by atoms with Crippen LogP contribution in [0.2, 0.25) is 0 Å². The molecule has 0 bridgehead atoms. The van der Waals surface area contributed by atoms with Gasteiger partial charge in [-0.05, 0) is 70.1 Å². The molecule has 2 rings (SSSR count). The second-order valence-corrected chi connectivity index (χ2v) is 5.67. The molecule has 1 aliphatic heterocycles. The second kappa shape index (κ2) is 8.04. The van der Waals surface area contributed by atoms with E-state index in [0.717, 1.165) is 12.1 Å².